The third-order valence-corrected chi connectivity index (χ3v) is 1.55. The molecule has 7 heteroatoms. The van der Waals surface area contributed by atoms with Gasteiger partial charge in [0.2, 0.25) is 0 Å². The molecule has 0 fully saturated rings. The zero-order valence-electron chi connectivity index (χ0n) is 7.77. The Bertz CT molecular complexity index is 322. The standard InChI is InChI=1S/C7H10N4O3/c1-4(7(13)14-2)9-6(12)5-3-8-11-10-5/h3-4H,1-2H3,(H,9,12)(H,8,10,11). The molecule has 1 aromatic heterocycles. The summed E-state index contributed by atoms with van der Waals surface area (Å²) in [6.45, 7) is 1.52. The number of carbonyl (C=O) groups excluding carboxylic acids is 2. The maximum atomic E-state index is 11.3. The smallest absolute Gasteiger partial charge is 0.328 e. The number of H-pyrrole nitrogens is 1. The highest BCUT2D eigenvalue weighted by molar-refractivity contribution is 5.94. The summed E-state index contributed by atoms with van der Waals surface area (Å²) in [4.78, 5) is 22.2. The number of esters is 1. The summed E-state index contributed by atoms with van der Waals surface area (Å²) in [7, 11) is 1.25. The van der Waals surface area contributed by atoms with Crippen LogP contribution in [0.3, 0.4) is 0 Å². The molecule has 1 aromatic rings. The molecule has 0 aliphatic rings. The van der Waals surface area contributed by atoms with Gasteiger partial charge in [0.15, 0.2) is 5.69 Å². The van der Waals surface area contributed by atoms with Crippen molar-refractivity contribution in [1.82, 2.24) is 20.7 Å². The van der Waals surface area contributed by atoms with Crippen molar-refractivity contribution in [2.45, 2.75) is 13.0 Å². The van der Waals surface area contributed by atoms with E-state index < -0.39 is 17.9 Å². The molecular weight excluding hydrogens is 188 g/mol. The van der Waals surface area contributed by atoms with Crippen LogP contribution in [-0.2, 0) is 9.53 Å². The third kappa shape index (κ3) is 2.28. The molecule has 0 aliphatic heterocycles. The summed E-state index contributed by atoms with van der Waals surface area (Å²) in [6, 6.07) is -0.704. The first-order chi connectivity index (χ1) is 6.65. The molecule has 0 saturated heterocycles. The Morgan fingerprint density at radius 3 is 2.86 bits per heavy atom. The normalized spacial score (nSPS) is 11.9. The number of aromatic amines is 1. The molecule has 1 unspecified atom stereocenters. The average molecular weight is 198 g/mol. The number of hydrogen-bond acceptors (Lipinski definition) is 5. The molecule has 0 saturated carbocycles. The number of hydrogen-bond donors (Lipinski definition) is 2. The molecular formula is C7H10N4O3. The molecule has 7 nitrogen and oxygen atoms in total. The van der Waals surface area contributed by atoms with Crippen molar-refractivity contribution in [3.8, 4) is 0 Å². The average Bonchev–Trinajstić information content (AvgIpc) is 2.69. The van der Waals surface area contributed by atoms with E-state index in [1.54, 1.807) is 0 Å². The lowest BCUT2D eigenvalue weighted by Gasteiger charge is -2.09. The van der Waals surface area contributed by atoms with E-state index in [9.17, 15) is 9.59 Å². The van der Waals surface area contributed by atoms with Crippen LogP contribution in [0.1, 0.15) is 17.4 Å². The monoisotopic (exact) mass is 198 g/mol. The molecule has 2 N–H and O–H groups in total. The number of carbonyl (C=O) groups is 2. The summed E-state index contributed by atoms with van der Waals surface area (Å²) < 4.78 is 4.43. The topological polar surface area (TPSA) is 97.0 Å². The van der Waals surface area contributed by atoms with Crippen molar-refractivity contribution in [2.75, 3.05) is 7.11 Å². The Labute approximate surface area is 79.8 Å². The fraction of sp³-hybridized carbons (Fsp3) is 0.429. The SMILES string of the molecule is COC(=O)C(C)NC(=O)c1cn[nH]n1. The van der Waals surface area contributed by atoms with E-state index in [0.29, 0.717) is 0 Å². The van der Waals surface area contributed by atoms with Crippen molar-refractivity contribution < 1.29 is 14.3 Å². The van der Waals surface area contributed by atoms with Gasteiger partial charge in [-0.1, -0.05) is 0 Å². The summed E-state index contributed by atoms with van der Waals surface area (Å²) >= 11 is 0. The molecule has 1 rings (SSSR count). The van der Waals surface area contributed by atoms with Crippen LogP contribution in [0, 0.1) is 0 Å². The van der Waals surface area contributed by atoms with Crippen LogP contribution in [0.2, 0.25) is 0 Å². The Morgan fingerprint density at radius 1 is 1.64 bits per heavy atom. The van der Waals surface area contributed by atoms with E-state index in [2.05, 4.69) is 25.5 Å². The molecule has 0 aliphatic carbocycles. The first kappa shape index (κ1) is 10.2. The first-order valence-electron chi connectivity index (χ1n) is 3.89. The zero-order valence-corrected chi connectivity index (χ0v) is 7.77. The molecule has 0 aromatic carbocycles. The van der Waals surface area contributed by atoms with Crippen LogP contribution < -0.4 is 5.32 Å². The van der Waals surface area contributed by atoms with Crippen LogP contribution in [0.5, 0.6) is 0 Å². The molecule has 14 heavy (non-hydrogen) atoms. The molecule has 0 bridgehead atoms. The Morgan fingerprint density at radius 2 is 2.36 bits per heavy atom. The van der Waals surface area contributed by atoms with Gasteiger partial charge in [-0.05, 0) is 6.92 Å². The van der Waals surface area contributed by atoms with Crippen LogP contribution >= 0.6 is 0 Å². The second-order valence-electron chi connectivity index (χ2n) is 2.57. The van der Waals surface area contributed by atoms with Crippen LogP contribution in [-0.4, -0.2) is 40.4 Å². The number of aromatic nitrogens is 3. The van der Waals surface area contributed by atoms with Gasteiger partial charge in [0, 0.05) is 0 Å². The Balaban J connectivity index is 2.53. The number of amides is 1. The van der Waals surface area contributed by atoms with Gasteiger partial charge in [-0.25, -0.2) is 4.79 Å². The minimum Gasteiger partial charge on any atom is -0.467 e. The Hall–Kier alpha value is -1.92. The summed E-state index contributed by atoms with van der Waals surface area (Å²) in [5.74, 6) is -0.988. The van der Waals surface area contributed by atoms with Gasteiger partial charge in [0.25, 0.3) is 5.91 Å². The maximum absolute atomic E-state index is 11.3. The highest BCUT2D eigenvalue weighted by Gasteiger charge is 2.17. The number of nitrogens with zero attached hydrogens (tertiary/aromatic N) is 2. The molecule has 0 spiro atoms. The van der Waals surface area contributed by atoms with E-state index in [4.69, 9.17) is 0 Å². The molecule has 1 atom stereocenters. The van der Waals surface area contributed by atoms with E-state index >= 15 is 0 Å². The predicted molar refractivity (Wildman–Crippen MR) is 45.3 cm³/mol. The minimum absolute atomic E-state index is 0.126. The highest BCUT2D eigenvalue weighted by Crippen LogP contribution is 1.92. The summed E-state index contributed by atoms with van der Waals surface area (Å²) in [5, 5.41) is 11.7. The molecule has 1 amide bonds. The van der Waals surface area contributed by atoms with Crippen LogP contribution in [0.15, 0.2) is 6.20 Å². The fourth-order valence-electron chi connectivity index (χ4n) is 0.817. The maximum Gasteiger partial charge on any atom is 0.328 e. The van der Waals surface area contributed by atoms with Crippen molar-refractivity contribution >= 4 is 11.9 Å². The van der Waals surface area contributed by atoms with Gasteiger partial charge in [0.05, 0.1) is 13.3 Å². The van der Waals surface area contributed by atoms with Crippen molar-refractivity contribution in [2.24, 2.45) is 0 Å². The first-order valence-corrected chi connectivity index (χ1v) is 3.89. The second kappa shape index (κ2) is 4.35. The van der Waals surface area contributed by atoms with Gasteiger partial charge in [-0.15, -0.1) is 0 Å². The highest BCUT2D eigenvalue weighted by atomic mass is 16.5. The largest absolute Gasteiger partial charge is 0.467 e. The van der Waals surface area contributed by atoms with Crippen molar-refractivity contribution in [3.05, 3.63) is 11.9 Å². The molecule has 0 radical (unpaired) electrons. The number of nitrogens with one attached hydrogen (secondary N) is 2. The quantitative estimate of drug-likeness (QED) is 0.613. The lowest BCUT2D eigenvalue weighted by molar-refractivity contribution is -0.142. The lowest BCUT2D eigenvalue weighted by Crippen LogP contribution is -2.39. The van der Waals surface area contributed by atoms with Crippen LogP contribution in [0.25, 0.3) is 0 Å². The summed E-state index contributed by atoms with van der Waals surface area (Å²) in [6.07, 6.45) is 1.26. The van der Waals surface area contributed by atoms with Gasteiger partial charge in [-0.2, -0.15) is 15.4 Å². The third-order valence-electron chi connectivity index (χ3n) is 1.55. The minimum atomic E-state index is -0.704. The number of rotatable bonds is 3. The van der Waals surface area contributed by atoms with Gasteiger partial charge >= 0.3 is 5.97 Å². The lowest BCUT2D eigenvalue weighted by atomic mass is 10.3. The summed E-state index contributed by atoms with van der Waals surface area (Å²) in [5.41, 5.74) is 0.126. The molecule has 76 valence electrons. The fourth-order valence-corrected chi connectivity index (χ4v) is 0.817. The van der Waals surface area contributed by atoms with E-state index in [1.165, 1.54) is 20.2 Å². The van der Waals surface area contributed by atoms with E-state index in [1.807, 2.05) is 0 Å². The van der Waals surface area contributed by atoms with Crippen molar-refractivity contribution in [3.63, 3.8) is 0 Å². The van der Waals surface area contributed by atoms with Crippen molar-refractivity contribution in [1.29, 1.82) is 0 Å². The zero-order chi connectivity index (χ0) is 10.6. The number of ether oxygens (including phenoxy) is 1. The molecule has 1 heterocycles. The van der Waals surface area contributed by atoms with E-state index in [-0.39, 0.29) is 5.69 Å². The second-order valence-corrected chi connectivity index (χ2v) is 2.57. The van der Waals surface area contributed by atoms with E-state index in [0.717, 1.165) is 0 Å². The number of methoxy groups -OCH3 is 1. The van der Waals surface area contributed by atoms with Gasteiger partial charge in [-0.3, -0.25) is 4.79 Å². The van der Waals surface area contributed by atoms with Crippen LogP contribution in [0.4, 0.5) is 0 Å². The predicted octanol–water partition coefficient (Wildman–Crippen LogP) is -0.904. The van der Waals surface area contributed by atoms with Gasteiger partial charge < -0.3 is 10.1 Å². The Kier molecular flexibility index (Phi) is 3.16. The van der Waals surface area contributed by atoms with Gasteiger partial charge in [0.1, 0.15) is 6.04 Å².